The second-order valence-corrected chi connectivity index (χ2v) is 6.14. The lowest BCUT2D eigenvalue weighted by Gasteiger charge is -2.28. The molecule has 0 amide bonds. The molecule has 1 aromatic heterocycles. The van der Waals surface area contributed by atoms with Crippen LogP contribution in [0.15, 0.2) is 12.4 Å². The summed E-state index contributed by atoms with van der Waals surface area (Å²) in [5.41, 5.74) is 0. The highest BCUT2D eigenvalue weighted by molar-refractivity contribution is 4.97. The van der Waals surface area contributed by atoms with Gasteiger partial charge in [-0.05, 0) is 38.1 Å². The van der Waals surface area contributed by atoms with E-state index in [2.05, 4.69) is 48.8 Å². The SMILES string of the molecule is CCCNC(Cc1nccn1CCC)C(CCC)CCC. The molecule has 1 heterocycles. The third-order valence-electron chi connectivity index (χ3n) is 4.21. The zero-order valence-corrected chi connectivity index (χ0v) is 14.6. The summed E-state index contributed by atoms with van der Waals surface area (Å²) >= 11 is 0. The van der Waals surface area contributed by atoms with E-state index in [1.807, 2.05) is 6.20 Å². The summed E-state index contributed by atoms with van der Waals surface area (Å²) in [7, 11) is 0. The van der Waals surface area contributed by atoms with Crippen molar-refractivity contribution >= 4 is 0 Å². The van der Waals surface area contributed by atoms with Gasteiger partial charge >= 0.3 is 0 Å². The molecule has 122 valence electrons. The zero-order chi connectivity index (χ0) is 15.5. The van der Waals surface area contributed by atoms with Crippen LogP contribution in [0.3, 0.4) is 0 Å². The Morgan fingerprint density at radius 1 is 1.05 bits per heavy atom. The summed E-state index contributed by atoms with van der Waals surface area (Å²) in [5, 5.41) is 3.79. The molecule has 0 fully saturated rings. The van der Waals surface area contributed by atoms with Crippen LogP contribution >= 0.6 is 0 Å². The molecule has 0 aliphatic rings. The van der Waals surface area contributed by atoms with Crippen LogP contribution in [0.4, 0.5) is 0 Å². The molecule has 1 unspecified atom stereocenters. The summed E-state index contributed by atoms with van der Waals surface area (Å²) in [4.78, 5) is 4.61. The van der Waals surface area contributed by atoms with Crippen molar-refractivity contribution in [2.45, 2.75) is 85.2 Å². The molecule has 1 rings (SSSR count). The van der Waals surface area contributed by atoms with Crippen molar-refractivity contribution < 1.29 is 0 Å². The molecule has 21 heavy (non-hydrogen) atoms. The monoisotopic (exact) mass is 293 g/mol. The number of nitrogens with zero attached hydrogens (tertiary/aromatic N) is 2. The summed E-state index contributed by atoms with van der Waals surface area (Å²) in [6, 6.07) is 0.572. The number of hydrogen-bond donors (Lipinski definition) is 1. The molecule has 0 saturated carbocycles. The Labute approximate surface area is 131 Å². The molecule has 1 aromatic rings. The molecular formula is C18H35N3. The van der Waals surface area contributed by atoms with E-state index in [9.17, 15) is 0 Å². The van der Waals surface area contributed by atoms with E-state index < -0.39 is 0 Å². The van der Waals surface area contributed by atoms with Gasteiger partial charge in [-0.2, -0.15) is 0 Å². The van der Waals surface area contributed by atoms with Gasteiger partial charge in [0.2, 0.25) is 0 Å². The van der Waals surface area contributed by atoms with E-state index in [0.717, 1.165) is 25.4 Å². The fourth-order valence-corrected chi connectivity index (χ4v) is 3.19. The lowest BCUT2D eigenvalue weighted by molar-refractivity contribution is 0.303. The van der Waals surface area contributed by atoms with Gasteiger partial charge in [-0.15, -0.1) is 0 Å². The summed E-state index contributed by atoms with van der Waals surface area (Å²) in [5.74, 6) is 2.03. The van der Waals surface area contributed by atoms with Crippen LogP contribution in [0.25, 0.3) is 0 Å². The fourth-order valence-electron chi connectivity index (χ4n) is 3.19. The van der Waals surface area contributed by atoms with Crippen molar-refractivity contribution in [2.75, 3.05) is 6.54 Å². The van der Waals surface area contributed by atoms with Crippen LogP contribution in [-0.2, 0) is 13.0 Å². The quantitative estimate of drug-likeness (QED) is 0.618. The predicted molar refractivity (Wildman–Crippen MR) is 91.6 cm³/mol. The van der Waals surface area contributed by atoms with Crippen LogP contribution in [0.5, 0.6) is 0 Å². The number of aromatic nitrogens is 2. The van der Waals surface area contributed by atoms with Crippen molar-refractivity contribution in [3.05, 3.63) is 18.2 Å². The summed E-state index contributed by atoms with van der Waals surface area (Å²) in [6.07, 6.45) is 12.7. The van der Waals surface area contributed by atoms with Crippen LogP contribution < -0.4 is 5.32 Å². The Bertz CT molecular complexity index is 353. The van der Waals surface area contributed by atoms with Gasteiger partial charge in [-0.3, -0.25) is 0 Å². The molecule has 0 spiro atoms. The van der Waals surface area contributed by atoms with Gasteiger partial charge in [0.15, 0.2) is 0 Å². The molecular weight excluding hydrogens is 258 g/mol. The second-order valence-electron chi connectivity index (χ2n) is 6.14. The number of hydrogen-bond acceptors (Lipinski definition) is 2. The van der Waals surface area contributed by atoms with Gasteiger partial charge in [0, 0.05) is 31.4 Å². The third-order valence-corrected chi connectivity index (χ3v) is 4.21. The van der Waals surface area contributed by atoms with Gasteiger partial charge in [-0.25, -0.2) is 4.98 Å². The molecule has 0 radical (unpaired) electrons. The minimum absolute atomic E-state index is 0.572. The molecule has 0 aliphatic carbocycles. The maximum atomic E-state index is 4.61. The van der Waals surface area contributed by atoms with Crippen molar-refractivity contribution in [3.63, 3.8) is 0 Å². The highest BCUT2D eigenvalue weighted by atomic mass is 15.1. The standard InChI is InChI=1S/C18H35N3/c1-5-9-16(10-6-2)17(19-11-7-3)15-18-20-12-14-21(18)13-8-4/h12,14,16-17,19H,5-11,13,15H2,1-4H3. The van der Waals surface area contributed by atoms with E-state index in [-0.39, 0.29) is 0 Å². The molecule has 0 bridgehead atoms. The normalized spacial score (nSPS) is 13.0. The third kappa shape index (κ3) is 6.21. The van der Waals surface area contributed by atoms with Crippen LogP contribution in [0, 0.1) is 5.92 Å². The van der Waals surface area contributed by atoms with Crippen molar-refractivity contribution in [1.29, 1.82) is 0 Å². The lowest BCUT2D eigenvalue weighted by atomic mass is 9.88. The van der Waals surface area contributed by atoms with Crippen LogP contribution in [0.1, 0.15) is 72.0 Å². The van der Waals surface area contributed by atoms with E-state index >= 15 is 0 Å². The van der Waals surface area contributed by atoms with E-state index in [1.165, 1.54) is 44.3 Å². The largest absolute Gasteiger partial charge is 0.335 e. The van der Waals surface area contributed by atoms with Crippen molar-refractivity contribution in [2.24, 2.45) is 5.92 Å². The Hall–Kier alpha value is -0.830. The zero-order valence-electron chi connectivity index (χ0n) is 14.6. The average molecular weight is 293 g/mol. The predicted octanol–water partition coefficient (Wildman–Crippen LogP) is 4.42. The first-order valence-corrected chi connectivity index (χ1v) is 9.00. The van der Waals surface area contributed by atoms with Gasteiger partial charge in [0.1, 0.15) is 5.82 Å². The number of aryl methyl sites for hydroxylation is 1. The first-order chi connectivity index (χ1) is 10.3. The molecule has 0 aromatic carbocycles. The highest BCUT2D eigenvalue weighted by Crippen LogP contribution is 2.21. The Morgan fingerprint density at radius 3 is 2.33 bits per heavy atom. The number of imidazole rings is 1. The average Bonchev–Trinajstić information content (AvgIpc) is 2.91. The Kier molecular flexibility index (Phi) is 9.40. The van der Waals surface area contributed by atoms with E-state index in [1.54, 1.807) is 0 Å². The molecule has 3 nitrogen and oxygen atoms in total. The minimum Gasteiger partial charge on any atom is -0.335 e. The van der Waals surface area contributed by atoms with E-state index in [0.29, 0.717) is 6.04 Å². The first kappa shape index (κ1) is 18.2. The summed E-state index contributed by atoms with van der Waals surface area (Å²) < 4.78 is 2.33. The fraction of sp³-hybridized carbons (Fsp3) is 0.833. The van der Waals surface area contributed by atoms with Crippen LogP contribution in [0.2, 0.25) is 0 Å². The maximum Gasteiger partial charge on any atom is 0.110 e. The summed E-state index contributed by atoms with van der Waals surface area (Å²) in [6.45, 7) is 11.3. The topological polar surface area (TPSA) is 29.9 Å². The number of nitrogens with one attached hydrogen (secondary N) is 1. The maximum absolute atomic E-state index is 4.61. The molecule has 0 saturated heterocycles. The smallest absolute Gasteiger partial charge is 0.110 e. The van der Waals surface area contributed by atoms with Gasteiger partial charge in [-0.1, -0.05) is 40.5 Å². The Morgan fingerprint density at radius 2 is 1.76 bits per heavy atom. The van der Waals surface area contributed by atoms with Gasteiger partial charge in [0.05, 0.1) is 0 Å². The Balaban J connectivity index is 2.77. The van der Waals surface area contributed by atoms with Crippen molar-refractivity contribution in [3.8, 4) is 0 Å². The lowest BCUT2D eigenvalue weighted by Crippen LogP contribution is -2.39. The van der Waals surface area contributed by atoms with Crippen LogP contribution in [-0.4, -0.2) is 22.1 Å². The van der Waals surface area contributed by atoms with Gasteiger partial charge in [0.25, 0.3) is 0 Å². The van der Waals surface area contributed by atoms with Gasteiger partial charge < -0.3 is 9.88 Å². The number of rotatable bonds is 12. The molecule has 3 heteroatoms. The molecule has 0 aliphatic heterocycles. The highest BCUT2D eigenvalue weighted by Gasteiger charge is 2.21. The van der Waals surface area contributed by atoms with Crippen molar-refractivity contribution in [1.82, 2.24) is 14.9 Å². The second kappa shape index (κ2) is 10.8. The molecule has 1 N–H and O–H groups in total. The van der Waals surface area contributed by atoms with E-state index in [4.69, 9.17) is 0 Å². The minimum atomic E-state index is 0.572. The molecule has 1 atom stereocenters. The first-order valence-electron chi connectivity index (χ1n) is 9.00.